The molecule has 1 amide bonds. The van der Waals surface area contributed by atoms with Crippen molar-refractivity contribution >= 4 is 5.91 Å². The first-order valence-corrected chi connectivity index (χ1v) is 7.05. The van der Waals surface area contributed by atoms with Crippen LogP contribution in [0.4, 0.5) is 17.6 Å². The zero-order valence-electron chi connectivity index (χ0n) is 12.7. The molecule has 24 heavy (non-hydrogen) atoms. The largest absolute Gasteiger partial charge is 0.419 e. The van der Waals surface area contributed by atoms with Gasteiger partial charge in [0.1, 0.15) is 11.4 Å². The molecule has 2 aromatic carbocycles. The van der Waals surface area contributed by atoms with Crippen LogP contribution in [0.2, 0.25) is 0 Å². The summed E-state index contributed by atoms with van der Waals surface area (Å²) in [5, 5.41) is 12.6. The van der Waals surface area contributed by atoms with Crippen molar-refractivity contribution in [1.82, 2.24) is 5.32 Å². The third-order valence-corrected chi connectivity index (χ3v) is 3.54. The Bertz CT molecular complexity index is 727. The Morgan fingerprint density at radius 1 is 1.08 bits per heavy atom. The molecule has 0 radical (unpaired) electrons. The molecule has 0 saturated heterocycles. The van der Waals surface area contributed by atoms with Gasteiger partial charge in [-0.15, -0.1) is 0 Å². The molecule has 2 N–H and O–H groups in total. The van der Waals surface area contributed by atoms with Crippen molar-refractivity contribution in [2.45, 2.75) is 18.7 Å². The van der Waals surface area contributed by atoms with Crippen molar-refractivity contribution in [1.29, 1.82) is 0 Å². The number of carbonyl (C=O) groups excluding carboxylic acids is 1. The number of amides is 1. The highest BCUT2D eigenvalue weighted by molar-refractivity contribution is 5.94. The minimum Gasteiger partial charge on any atom is -0.384 e. The smallest absolute Gasteiger partial charge is 0.384 e. The van der Waals surface area contributed by atoms with Gasteiger partial charge in [-0.3, -0.25) is 4.79 Å². The molecule has 0 aromatic heterocycles. The van der Waals surface area contributed by atoms with Crippen LogP contribution in [0, 0.1) is 5.82 Å². The number of hydrogen-bond acceptors (Lipinski definition) is 2. The fourth-order valence-corrected chi connectivity index (χ4v) is 2.17. The molecule has 1 unspecified atom stereocenters. The average molecular weight is 341 g/mol. The lowest BCUT2D eigenvalue weighted by Crippen LogP contribution is -2.39. The second kappa shape index (κ2) is 6.60. The third kappa shape index (κ3) is 3.91. The van der Waals surface area contributed by atoms with E-state index >= 15 is 0 Å². The van der Waals surface area contributed by atoms with Crippen molar-refractivity contribution < 1.29 is 27.5 Å². The van der Waals surface area contributed by atoms with Gasteiger partial charge in [-0.25, -0.2) is 4.39 Å². The van der Waals surface area contributed by atoms with E-state index in [0.29, 0.717) is 11.6 Å². The van der Waals surface area contributed by atoms with Crippen LogP contribution in [0.25, 0.3) is 0 Å². The van der Waals surface area contributed by atoms with Gasteiger partial charge in [-0.2, -0.15) is 13.2 Å². The molecule has 0 heterocycles. The summed E-state index contributed by atoms with van der Waals surface area (Å²) in [5.41, 5.74) is -3.18. The fraction of sp³-hybridized carbons (Fsp3) is 0.235. The Morgan fingerprint density at radius 2 is 1.71 bits per heavy atom. The van der Waals surface area contributed by atoms with Gasteiger partial charge in [-0.1, -0.05) is 36.4 Å². The maximum Gasteiger partial charge on any atom is 0.419 e. The van der Waals surface area contributed by atoms with E-state index in [1.54, 1.807) is 30.3 Å². The summed E-state index contributed by atoms with van der Waals surface area (Å²) >= 11 is 0. The predicted octanol–water partition coefficient (Wildman–Crippen LogP) is 3.48. The Hall–Kier alpha value is -2.41. The monoisotopic (exact) mass is 341 g/mol. The van der Waals surface area contributed by atoms with Crippen molar-refractivity contribution in [2.75, 3.05) is 6.54 Å². The number of halogens is 4. The molecular formula is C17H15F4NO2. The van der Waals surface area contributed by atoms with E-state index < -0.39 is 34.6 Å². The van der Waals surface area contributed by atoms with Gasteiger partial charge in [-0.05, 0) is 24.6 Å². The molecule has 0 spiro atoms. The molecule has 0 bridgehead atoms. The maximum atomic E-state index is 13.9. The van der Waals surface area contributed by atoms with E-state index in [4.69, 9.17) is 0 Å². The molecule has 0 saturated carbocycles. The van der Waals surface area contributed by atoms with Gasteiger partial charge >= 0.3 is 6.18 Å². The molecule has 2 aromatic rings. The van der Waals surface area contributed by atoms with Crippen LogP contribution >= 0.6 is 0 Å². The second-order valence-corrected chi connectivity index (χ2v) is 5.49. The van der Waals surface area contributed by atoms with Crippen LogP contribution in [0.1, 0.15) is 28.4 Å². The van der Waals surface area contributed by atoms with Gasteiger partial charge in [0.2, 0.25) is 0 Å². The van der Waals surface area contributed by atoms with Crippen molar-refractivity contribution in [2.24, 2.45) is 0 Å². The Labute approximate surface area is 135 Å². The lowest BCUT2D eigenvalue weighted by Gasteiger charge is -2.24. The van der Waals surface area contributed by atoms with Gasteiger partial charge in [0.15, 0.2) is 0 Å². The van der Waals surface area contributed by atoms with E-state index in [9.17, 15) is 27.5 Å². The summed E-state index contributed by atoms with van der Waals surface area (Å²) in [6, 6.07) is 10.9. The van der Waals surface area contributed by atoms with Gasteiger partial charge < -0.3 is 10.4 Å². The molecule has 3 nitrogen and oxygen atoms in total. The minimum atomic E-state index is -4.89. The highest BCUT2D eigenvalue weighted by Gasteiger charge is 2.36. The number of benzene rings is 2. The van der Waals surface area contributed by atoms with Gasteiger partial charge in [0.05, 0.1) is 17.7 Å². The lowest BCUT2D eigenvalue weighted by molar-refractivity contribution is -0.140. The molecule has 0 aliphatic rings. The molecule has 128 valence electrons. The number of hydrogen-bond donors (Lipinski definition) is 2. The number of nitrogens with one attached hydrogen (secondary N) is 1. The number of aliphatic hydroxyl groups is 1. The highest BCUT2D eigenvalue weighted by atomic mass is 19.4. The van der Waals surface area contributed by atoms with Crippen molar-refractivity contribution in [3.05, 3.63) is 71.0 Å². The molecule has 0 aliphatic carbocycles. The molecule has 0 fully saturated rings. The standard InChI is InChI=1S/C17H15F4NO2/c1-16(24,11-6-3-2-4-7-11)10-22-15(23)12-8-5-9-13(14(12)18)17(19,20)21/h2-9,24H,10H2,1H3,(H,22,23). The van der Waals surface area contributed by atoms with Crippen molar-refractivity contribution in [3.63, 3.8) is 0 Å². The van der Waals surface area contributed by atoms with E-state index in [1.807, 2.05) is 0 Å². The molecule has 7 heteroatoms. The van der Waals surface area contributed by atoms with E-state index in [-0.39, 0.29) is 6.54 Å². The second-order valence-electron chi connectivity index (χ2n) is 5.49. The zero-order chi connectivity index (χ0) is 18.0. The lowest BCUT2D eigenvalue weighted by atomic mass is 9.96. The first-order valence-electron chi connectivity index (χ1n) is 7.05. The van der Waals surface area contributed by atoms with Gasteiger partial charge in [0.25, 0.3) is 5.91 Å². The van der Waals surface area contributed by atoms with Gasteiger partial charge in [0, 0.05) is 0 Å². The summed E-state index contributed by atoms with van der Waals surface area (Å²) in [6.07, 6.45) is -4.89. The molecule has 0 aliphatic heterocycles. The normalized spacial score (nSPS) is 14.1. The zero-order valence-corrected chi connectivity index (χ0v) is 12.7. The average Bonchev–Trinajstić information content (AvgIpc) is 2.52. The quantitative estimate of drug-likeness (QED) is 0.837. The highest BCUT2D eigenvalue weighted by Crippen LogP contribution is 2.32. The summed E-state index contributed by atoms with van der Waals surface area (Å²) in [6.45, 7) is 1.15. The maximum absolute atomic E-state index is 13.9. The predicted molar refractivity (Wildman–Crippen MR) is 79.7 cm³/mol. The van der Waals surface area contributed by atoms with E-state index in [2.05, 4.69) is 5.32 Å². The Balaban J connectivity index is 2.17. The molecule has 1 atom stereocenters. The van der Waals surface area contributed by atoms with Crippen LogP contribution in [0.5, 0.6) is 0 Å². The Morgan fingerprint density at radius 3 is 2.29 bits per heavy atom. The SMILES string of the molecule is CC(O)(CNC(=O)c1cccc(C(F)(F)F)c1F)c1ccccc1. The summed E-state index contributed by atoms with van der Waals surface area (Å²) < 4.78 is 51.9. The fourth-order valence-electron chi connectivity index (χ4n) is 2.17. The first kappa shape index (κ1) is 17.9. The van der Waals surface area contributed by atoms with Crippen LogP contribution in [0.3, 0.4) is 0 Å². The molecular weight excluding hydrogens is 326 g/mol. The summed E-state index contributed by atoms with van der Waals surface area (Å²) in [5.74, 6) is -2.67. The number of carbonyl (C=O) groups is 1. The first-order chi connectivity index (χ1) is 11.1. The Kier molecular flexibility index (Phi) is 4.94. The van der Waals surface area contributed by atoms with Crippen LogP contribution in [-0.4, -0.2) is 17.6 Å². The topological polar surface area (TPSA) is 49.3 Å². The van der Waals surface area contributed by atoms with Crippen molar-refractivity contribution in [3.8, 4) is 0 Å². The summed E-state index contributed by atoms with van der Waals surface area (Å²) in [7, 11) is 0. The van der Waals surface area contributed by atoms with Crippen LogP contribution in [-0.2, 0) is 11.8 Å². The van der Waals surface area contributed by atoms with Crippen LogP contribution in [0.15, 0.2) is 48.5 Å². The van der Waals surface area contributed by atoms with E-state index in [1.165, 1.54) is 6.92 Å². The number of rotatable bonds is 4. The third-order valence-electron chi connectivity index (χ3n) is 3.54. The molecule has 2 rings (SSSR count). The van der Waals surface area contributed by atoms with E-state index in [0.717, 1.165) is 12.1 Å². The number of alkyl halides is 3. The summed E-state index contributed by atoms with van der Waals surface area (Å²) in [4.78, 5) is 12.0. The minimum absolute atomic E-state index is 0.286. The van der Waals surface area contributed by atoms with Crippen LogP contribution < -0.4 is 5.32 Å².